The van der Waals surface area contributed by atoms with E-state index < -0.39 is 0 Å². The molecule has 0 radical (unpaired) electrons. The lowest BCUT2D eigenvalue weighted by atomic mass is 10.1. The van der Waals surface area contributed by atoms with E-state index in [0.717, 1.165) is 25.9 Å². The third kappa shape index (κ3) is 6.04. The molecule has 11 heavy (non-hydrogen) atoms. The largest absolute Gasteiger partial charge is 0.385 e. The number of hydrogen-bond acceptors (Lipinski definition) is 3. The Hall–Kier alpha value is -0.380. The first-order valence-electron chi connectivity index (χ1n) is 3.91. The zero-order valence-corrected chi connectivity index (χ0v) is 7.18. The van der Waals surface area contributed by atoms with Crippen LogP contribution in [0.2, 0.25) is 0 Å². The molecule has 0 aliphatic carbocycles. The van der Waals surface area contributed by atoms with Crippen LogP contribution in [0.4, 0.5) is 0 Å². The molecule has 0 heterocycles. The molecule has 0 saturated carbocycles. The fraction of sp³-hybridized carbons (Fsp3) is 0.750. The van der Waals surface area contributed by atoms with Gasteiger partial charge in [0.05, 0.1) is 0 Å². The van der Waals surface area contributed by atoms with Gasteiger partial charge in [0.2, 0.25) is 0 Å². The van der Waals surface area contributed by atoms with Crippen LogP contribution >= 0.6 is 0 Å². The van der Waals surface area contributed by atoms with Gasteiger partial charge in [0.25, 0.3) is 0 Å². The Morgan fingerprint density at radius 1 is 1.64 bits per heavy atom. The summed E-state index contributed by atoms with van der Waals surface area (Å²) in [6.45, 7) is 4.40. The zero-order chi connectivity index (χ0) is 8.53. The van der Waals surface area contributed by atoms with Crippen LogP contribution in [0.1, 0.15) is 19.3 Å². The van der Waals surface area contributed by atoms with Gasteiger partial charge in [-0.3, -0.25) is 11.3 Å². The number of hydrazine groups is 1. The first kappa shape index (κ1) is 10.6. The van der Waals surface area contributed by atoms with Crippen LogP contribution in [0.25, 0.3) is 0 Å². The Balaban J connectivity index is 3.32. The van der Waals surface area contributed by atoms with Crippen molar-refractivity contribution < 1.29 is 4.74 Å². The van der Waals surface area contributed by atoms with Crippen molar-refractivity contribution in [1.82, 2.24) is 5.43 Å². The predicted molar refractivity (Wildman–Crippen MR) is 47.0 cm³/mol. The summed E-state index contributed by atoms with van der Waals surface area (Å²) in [6.07, 6.45) is 4.89. The van der Waals surface area contributed by atoms with E-state index in [-0.39, 0.29) is 0 Å². The van der Waals surface area contributed by atoms with Crippen LogP contribution in [0.15, 0.2) is 12.7 Å². The molecule has 0 aliphatic heterocycles. The van der Waals surface area contributed by atoms with E-state index >= 15 is 0 Å². The molecule has 0 amide bonds. The molecule has 0 aromatic rings. The fourth-order valence-corrected chi connectivity index (χ4v) is 0.890. The van der Waals surface area contributed by atoms with Crippen molar-refractivity contribution in [3.8, 4) is 0 Å². The van der Waals surface area contributed by atoms with Gasteiger partial charge in [0, 0.05) is 19.8 Å². The highest BCUT2D eigenvalue weighted by Crippen LogP contribution is 2.00. The lowest BCUT2D eigenvalue weighted by Gasteiger charge is -2.13. The Labute approximate surface area is 68.6 Å². The quantitative estimate of drug-likeness (QED) is 0.327. The smallest absolute Gasteiger partial charge is 0.0477 e. The molecule has 3 N–H and O–H groups in total. The normalized spacial score (nSPS) is 12.9. The van der Waals surface area contributed by atoms with E-state index in [2.05, 4.69) is 12.0 Å². The molecule has 0 aliphatic rings. The second-order valence-corrected chi connectivity index (χ2v) is 2.51. The zero-order valence-electron chi connectivity index (χ0n) is 7.18. The van der Waals surface area contributed by atoms with Gasteiger partial charge in [-0.05, 0) is 19.3 Å². The summed E-state index contributed by atoms with van der Waals surface area (Å²) in [7, 11) is 1.70. The standard InChI is InChI=1S/C8H18N2O/c1-3-4-5-8(10-9)6-7-11-2/h3,8,10H,1,4-7,9H2,2H3. The van der Waals surface area contributed by atoms with Crippen molar-refractivity contribution in [3.05, 3.63) is 12.7 Å². The molecule has 3 nitrogen and oxygen atoms in total. The molecule has 0 saturated heterocycles. The SMILES string of the molecule is C=CCCC(CCOC)NN. The maximum atomic E-state index is 5.31. The molecule has 3 heteroatoms. The van der Waals surface area contributed by atoms with E-state index in [0.29, 0.717) is 6.04 Å². The maximum Gasteiger partial charge on any atom is 0.0477 e. The highest BCUT2D eigenvalue weighted by molar-refractivity contribution is 4.72. The van der Waals surface area contributed by atoms with E-state index in [1.54, 1.807) is 7.11 Å². The first-order valence-corrected chi connectivity index (χ1v) is 3.91. The lowest BCUT2D eigenvalue weighted by Crippen LogP contribution is -2.35. The summed E-state index contributed by atoms with van der Waals surface area (Å²) in [5, 5.41) is 0. The first-order chi connectivity index (χ1) is 5.35. The van der Waals surface area contributed by atoms with Crippen molar-refractivity contribution in [2.24, 2.45) is 5.84 Å². The molecule has 0 fully saturated rings. The van der Waals surface area contributed by atoms with Gasteiger partial charge in [0.15, 0.2) is 0 Å². The minimum absolute atomic E-state index is 0.355. The van der Waals surface area contributed by atoms with Crippen LogP contribution in [-0.2, 0) is 4.74 Å². The summed E-state index contributed by atoms with van der Waals surface area (Å²) in [4.78, 5) is 0. The topological polar surface area (TPSA) is 47.3 Å². The van der Waals surface area contributed by atoms with Gasteiger partial charge in [-0.15, -0.1) is 6.58 Å². The average Bonchev–Trinajstić information content (AvgIpc) is 2.05. The van der Waals surface area contributed by atoms with Crippen LogP contribution in [0.3, 0.4) is 0 Å². The average molecular weight is 158 g/mol. The van der Waals surface area contributed by atoms with Crippen molar-refractivity contribution in [1.29, 1.82) is 0 Å². The van der Waals surface area contributed by atoms with Crippen molar-refractivity contribution in [2.75, 3.05) is 13.7 Å². The number of nitrogens with two attached hydrogens (primary N) is 1. The van der Waals surface area contributed by atoms with E-state index in [4.69, 9.17) is 10.6 Å². The van der Waals surface area contributed by atoms with Crippen molar-refractivity contribution in [3.63, 3.8) is 0 Å². The van der Waals surface area contributed by atoms with Crippen LogP contribution in [0, 0.1) is 0 Å². The molecule has 1 atom stereocenters. The van der Waals surface area contributed by atoms with Gasteiger partial charge >= 0.3 is 0 Å². The van der Waals surface area contributed by atoms with E-state index in [1.165, 1.54) is 0 Å². The Kier molecular flexibility index (Phi) is 7.46. The summed E-state index contributed by atoms with van der Waals surface area (Å²) < 4.78 is 4.93. The third-order valence-corrected chi connectivity index (χ3v) is 1.63. The fourth-order valence-electron chi connectivity index (χ4n) is 0.890. The molecule has 0 aromatic heterocycles. The maximum absolute atomic E-state index is 5.31. The van der Waals surface area contributed by atoms with Crippen LogP contribution < -0.4 is 11.3 Å². The Morgan fingerprint density at radius 3 is 2.82 bits per heavy atom. The molecular formula is C8H18N2O. The van der Waals surface area contributed by atoms with Gasteiger partial charge in [-0.1, -0.05) is 6.08 Å². The van der Waals surface area contributed by atoms with E-state index in [9.17, 15) is 0 Å². The Bertz CT molecular complexity index is 96.1. The molecule has 0 rings (SSSR count). The molecule has 1 unspecified atom stereocenters. The van der Waals surface area contributed by atoms with Gasteiger partial charge in [0.1, 0.15) is 0 Å². The molecular weight excluding hydrogens is 140 g/mol. The minimum atomic E-state index is 0.355. The number of allylic oxidation sites excluding steroid dienone is 1. The Morgan fingerprint density at radius 2 is 2.36 bits per heavy atom. The van der Waals surface area contributed by atoms with Gasteiger partial charge in [-0.2, -0.15) is 0 Å². The van der Waals surface area contributed by atoms with Crippen molar-refractivity contribution in [2.45, 2.75) is 25.3 Å². The van der Waals surface area contributed by atoms with E-state index in [1.807, 2.05) is 6.08 Å². The summed E-state index contributed by atoms with van der Waals surface area (Å²) in [6, 6.07) is 0.355. The van der Waals surface area contributed by atoms with Crippen LogP contribution in [0.5, 0.6) is 0 Å². The molecule has 0 bridgehead atoms. The monoisotopic (exact) mass is 158 g/mol. The number of hydrogen-bond donors (Lipinski definition) is 2. The van der Waals surface area contributed by atoms with Gasteiger partial charge < -0.3 is 4.74 Å². The number of nitrogens with one attached hydrogen (secondary N) is 1. The predicted octanol–water partition coefficient (Wildman–Crippen LogP) is 0.821. The highest BCUT2D eigenvalue weighted by atomic mass is 16.5. The minimum Gasteiger partial charge on any atom is -0.385 e. The lowest BCUT2D eigenvalue weighted by molar-refractivity contribution is 0.181. The summed E-state index contributed by atoms with van der Waals surface area (Å²) in [5.74, 6) is 5.31. The van der Waals surface area contributed by atoms with Crippen molar-refractivity contribution >= 4 is 0 Å². The molecule has 0 spiro atoms. The molecule has 0 aromatic carbocycles. The summed E-state index contributed by atoms with van der Waals surface area (Å²) >= 11 is 0. The number of ether oxygens (including phenoxy) is 1. The van der Waals surface area contributed by atoms with Crippen LogP contribution in [-0.4, -0.2) is 19.8 Å². The summed E-state index contributed by atoms with van der Waals surface area (Å²) in [5.41, 5.74) is 2.74. The van der Waals surface area contributed by atoms with Gasteiger partial charge in [-0.25, -0.2) is 0 Å². The third-order valence-electron chi connectivity index (χ3n) is 1.63. The second kappa shape index (κ2) is 7.72. The number of methoxy groups -OCH3 is 1. The molecule has 66 valence electrons. The number of rotatable bonds is 7. The highest BCUT2D eigenvalue weighted by Gasteiger charge is 2.03. The second-order valence-electron chi connectivity index (χ2n) is 2.51.